The maximum absolute atomic E-state index is 13.3. The van der Waals surface area contributed by atoms with Crippen LogP contribution in [0.5, 0.6) is 0 Å². The fourth-order valence-corrected chi connectivity index (χ4v) is 4.02. The minimum atomic E-state index is -4.47. The lowest BCUT2D eigenvalue weighted by molar-refractivity contribution is -0.137. The van der Waals surface area contributed by atoms with Crippen molar-refractivity contribution in [3.05, 3.63) is 64.7 Å². The number of hydrogen-bond donors (Lipinski definition) is 1. The second kappa shape index (κ2) is 7.09. The van der Waals surface area contributed by atoms with Gasteiger partial charge in [-0.1, -0.05) is 29.8 Å². The Labute approximate surface area is 175 Å². The van der Waals surface area contributed by atoms with E-state index in [0.717, 1.165) is 47.9 Å². The first-order valence-electron chi connectivity index (χ1n) is 9.63. The number of hydrogen-bond acceptors (Lipinski definition) is 3. The van der Waals surface area contributed by atoms with Gasteiger partial charge in [-0.25, -0.2) is 4.68 Å². The molecule has 1 aliphatic heterocycles. The van der Waals surface area contributed by atoms with Crippen LogP contribution >= 0.6 is 11.6 Å². The minimum Gasteiger partial charge on any atom is -0.454 e. The van der Waals surface area contributed by atoms with Crippen LogP contribution in [0, 0.1) is 0 Å². The Bertz CT molecular complexity index is 1210. The van der Waals surface area contributed by atoms with Gasteiger partial charge in [-0.15, -0.1) is 0 Å². The maximum atomic E-state index is 13.3. The van der Waals surface area contributed by atoms with E-state index in [9.17, 15) is 13.2 Å². The monoisotopic (exact) mass is 431 g/mol. The zero-order valence-corrected chi connectivity index (χ0v) is 16.5. The number of aromatic nitrogens is 2. The average Bonchev–Trinajstić information content (AvgIpc) is 3.20. The van der Waals surface area contributed by atoms with Crippen LogP contribution < -0.4 is 5.32 Å². The summed E-state index contributed by atoms with van der Waals surface area (Å²) in [6, 6.07) is 12.8. The fourth-order valence-electron chi connectivity index (χ4n) is 3.82. The molecule has 0 saturated carbocycles. The van der Waals surface area contributed by atoms with Crippen LogP contribution in [0.15, 0.2) is 52.9 Å². The molecule has 0 aliphatic carbocycles. The number of para-hydroxylation sites is 1. The summed E-state index contributed by atoms with van der Waals surface area (Å²) in [5.41, 5.74) is 1.67. The summed E-state index contributed by atoms with van der Waals surface area (Å²) in [5, 5.41) is 9.11. The van der Waals surface area contributed by atoms with E-state index in [2.05, 4.69) is 10.4 Å². The van der Waals surface area contributed by atoms with Gasteiger partial charge in [-0.2, -0.15) is 18.3 Å². The van der Waals surface area contributed by atoms with Crippen molar-refractivity contribution in [2.75, 3.05) is 11.9 Å². The van der Waals surface area contributed by atoms with Crippen LogP contribution in [0.4, 0.5) is 19.0 Å². The molecule has 0 atom stereocenters. The zero-order valence-electron chi connectivity index (χ0n) is 15.8. The fraction of sp³-hybridized carbons (Fsp3) is 0.227. The number of nitrogens with zero attached hydrogens (tertiary/aromatic N) is 2. The van der Waals surface area contributed by atoms with Crippen LogP contribution in [0.25, 0.3) is 28.1 Å². The lowest BCUT2D eigenvalue weighted by atomic mass is 10.1. The number of anilines is 1. The number of alkyl halides is 3. The normalized spacial score (nSPS) is 14.4. The molecule has 0 saturated heterocycles. The zero-order chi connectivity index (χ0) is 20.9. The van der Waals surface area contributed by atoms with Gasteiger partial charge in [0, 0.05) is 17.5 Å². The Balaban J connectivity index is 1.72. The Hall–Kier alpha value is -2.93. The van der Waals surface area contributed by atoms with Gasteiger partial charge in [-0.3, -0.25) is 0 Å². The summed E-state index contributed by atoms with van der Waals surface area (Å²) in [7, 11) is 0. The highest BCUT2D eigenvalue weighted by atomic mass is 35.5. The Kier molecular flexibility index (Phi) is 4.50. The molecule has 30 heavy (non-hydrogen) atoms. The second-order valence-corrected chi connectivity index (χ2v) is 7.69. The van der Waals surface area contributed by atoms with Crippen molar-refractivity contribution in [2.45, 2.75) is 25.4 Å². The topological polar surface area (TPSA) is 43.0 Å². The number of halogens is 4. The van der Waals surface area contributed by atoms with E-state index >= 15 is 0 Å². The van der Waals surface area contributed by atoms with Crippen LogP contribution in [-0.4, -0.2) is 16.3 Å². The molecule has 2 aromatic carbocycles. The minimum absolute atomic E-state index is 0.180. The predicted molar refractivity (Wildman–Crippen MR) is 110 cm³/mol. The molecule has 5 rings (SSSR count). The van der Waals surface area contributed by atoms with Gasteiger partial charge < -0.3 is 9.73 Å². The molecule has 0 fully saturated rings. The Morgan fingerprint density at radius 2 is 1.90 bits per heavy atom. The molecule has 0 bridgehead atoms. The van der Waals surface area contributed by atoms with Gasteiger partial charge in [0.05, 0.1) is 16.3 Å². The molecule has 154 valence electrons. The van der Waals surface area contributed by atoms with Crippen LogP contribution in [-0.2, 0) is 12.6 Å². The molecule has 0 amide bonds. The number of rotatable bonds is 2. The van der Waals surface area contributed by atoms with E-state index in [-0.39, 0.29) is 10.7 Å². The molecule has 4 nitrogen and oxygen atoms in total. The summed E-state index contributed by atoms with van der Waals surface area (Å²) in [4.78, 5) is 0. The molecule has 0 spiro atoms. The summed E-state index contributed by atoms with van der Waals surface area (Å²) in [6.07, 6.45) is -1.84. The molecule has 4 aromatic rings. The van der Waals surface area contributed by atoms with Crippen molar-refractivity contribution in [3.63, 3.8) is 0 Å². The van der Waals surface area contributed by atoms with Crippen molar-refractivity contribution in [3.8, 4) is 17.1 Å². The van der Waals surface area contributed by atoms with Crippen molar-refractivity contribution in [2.24, 2.45) is 0 Å². The molecular formula is C22H17ClF3N3O. The third-order valence-corrected chi connectivity index (χ3v) is 5.61. The van der Waals surface area contributed by atoms with Gasteiger partial charge in [0.1, 0.15) is 17.1 Å². The molecule has 8 heteroatoms. The van der Waals surface area contributed by atoms with Crippen LogP contribution in [0.3, 0.4) is 0 Å². The van der Waals surface area contributed by atoms with Gasteiger partial charge >= 0.3 is 6.18 Å². The Morgan fingerprint density at radius 1 is 1.07 bits per heavy atom. The Morgan fingerprint density at radius 3 is 2.70 bits per heavy atom. The van der Waals surface area contributed by atoms with E-state index < -0.39 is 11.7 Å². The van der Waals surface area contributed by atoms with Gasteiger partial charge in [0.2, 0.25) is 0 Å². The van der Waals surface area contributed by atoms with E-state index in [1.807, 2.05) is 30.3 Å². The quantitative estimate of drug-likeness (QED) is 0.383. The van der Waals surface area contributed by atoms with Gasteiger partial charge in [0.15, 0.2) is 5.76 Å². The van der Waals surface area contributed by atoms with Gasteiger partial charge in [-0.05, 0) is 49.6 Å². The van der Waals surface area contributed by atoms with E-state index in [0.29, 0.717) is 23.8 Å². The molecule has 3 heterocycles. The number of fused-ring (bicyclic) bond motifs is 2. The standard InChI is InChI=1S/C22H17ClF3N3O/c23-16-9-8-14(22(24,25)26)12-17(16)29-21-15(6-3-4-10-27-21)20(28-29)19-11-13-5-1-2-7-18(13)30-19/h1-2,5,7-9,11-12,27H,3-4,6,10H2. The van der Waals surface area contributed by atoms with E-state index in [4.69, 9.17) is 16.0 Å². The maximum Gasteiger partial charge on any atom is 0.416 e. The lowest BCUT2D eigenvalue weighted by Gasteiger charge is -2.13. The SMILES string of the molecule is FC(F)(F)c1ccc(Cl)c(-n2nc(-c3cc4ccccc4o3)c3c2NCCCC3)c1. The summed E-state index contributed by atoms with van der Waals surface area (Å²) < 4.78 is 47.4. The lowest BCUT2D eigenvalue weighted by Crippen LogP contribution is -2.10. The van der Waals surface area contributed by atoms with Crippen LogP contribution in [0.2, 0.25) is 5.02 Å². The predicted octanol–water partition coefficient (Wildman–Crippen LogP) is 6.71. The van der Waals surface area contributed by atoms with Crippen molar-refractivity contribution >= 4 is 28.4 Å². The van der Waals surface area contributed by atoms with E-state index in [1.54, 1.807) is 0 Å². The highest BCUT2D eigenvalue weighted by Crippen LogP contribution is 2.39. The van der Waals surface area contributed by atoms with Crippen molar-refractivity contribution < 1.29 is 17.6 Å². The molecule has 1 N–H and O–H groups in total. The first kappa shape index (κ1) is 19.1. The molecule has 2 aromatic heterocycles. The number of nitrogens with one attached hydrogen (secondary N) is 1. The first-order valence-corrected chi connectivity index (χ1v) is 10.0. The largest absolute Gasteiger partial charge is 0.454 e. The highest BCUT2D eigenvalue weighted by Gasteiger charge is 2.32. The van der Waals surface area contributed by atoms with Crippen molar-refractivity contribution in [1.29, 1.82) is 0 Å². The smallest absolute Gasteiger partial charge is 0.416 e. The molecule has 0 radical (unpaired) electrons. The summed E-state index contributed by atoms with van der Waals surface area (Å²) in [6.45, 7) is 0.703. The average molecular weight is 432 g/mol. The second-order valence-electron chi connectivity index (χ2n) is 7.28. The summed E-state index contributed by atoms with van der Waals surface area (Å²) in [5.74, 6) is 1.24. The van der Waals surface area contributed by atoms with E-state index in [1.165, 1.54) is 10.7 Å². The number of benzene rings is 2. The van der Waals surface area contributed by atoms with Crippen LogP contribution in [0.1, 0.15) is 24.0 Å². The summed E-state index contributed by atoms with van der Waals surface area (Å²) >= 11 is 6.30. The highest BCUT2D eigenvalue weighted by molar-refractivity contribution is 6.32. The van der Waals surface area contributed by atoms with Crippen molar-refractivity contribution in [1.82, 2.24) is 9.78 Å². The first-order chi connectivity index (χ1) is 14.4. The molecule has 0 unspecified atom stereocenters. The third-order valence-electron chi connectivity index (χ3n) is 5.29. The molecule has 1 aliphatic rings. The number of furan rings is 1. The van der Waals surface area contributed by atoms with Gasteiger partial charge in [0.25, 0.3) is 0 Å². The molecular weight excluding hydrogens is 415 g/mol. The third kappa shape index (κ3) is 3.23.